The first-order valence-electron chi connectivity index (χ1n) is 7.44. The zero-order chi connectivity index (χ0) is 16.6. The molecule has 0 radical (unpaired) electrons. The van der Waals surface area contributed by atoms with E-state index in [0.717, 1.165) is 33.1 Å². The molecule has 1 atom stereocenters. The fourth-order valence-electron chi connectivity index (χ4n) is 2.84. The van der Waals surface area contributed by atoms with Gasteiger partial charge < -0.3 is 14.8 Å². The number of hydrogen-bond acceptors (Lipinski definition) is 4. The fraction of sp³-hybridized carbons (Fsp3) is 0.294. The summed E-state index contributed by atoms with van der Waals surface area (Å²) in [4.78, 5) is 18.2. The number of H-pyrrole nitrogens is 1. The molecular formula is C17H18N2O3S. The predicted molar refractivity (Wildman–Crippen MR) is 93.5 cm³/mol. The van der Waals surface area contributed by atoms with E-state index in [1.165, 1.54) is 5.56 Å². The molecule has 1 unspecified atom stereocenters. The zero-order valence-corrected chi connectivity index (χ0v) is 14.0. The van der Waals surface area contributed by atoms with E-state index in [4.69, 9.17) is 9.84 Å². The van der Waals surface area contributed by atoms with Crippen molar-refractivity contribution in [2.75, 3.05) is 5.75 Å². The van der Waals surface area contributed by atoms with Gasteiger partial charge in [-0.25, -0.2) is 9.78 Å². The maximum Gasteiger partial charge on any atom is 0.512 e. The minimum absolute atomic E-state index is 0.132. The number of fused-ring (bicyclic) bond motifs is 3. The highest BCUT2D eigenvalue weighted by atomic mass is 32.2. The van der Waals surface area contributed by atoms with Crippen LogP contribution in [0.25, 0.3) is 21.8 Å². The standard InChI is InChI=1S/C17H18N2O3S/c1-4-23-10(3)11-5-6-13-12(7-11)15-9(2)16(22-17(20)21)18-8-14(15)19-13/h5-8,10,19H,4H2,1-3H3,(H,20,21). The van der Waals surface area contributed by atoms with Gasteiger partial charge in [-0.3, -0.25) is 0 Å². The fourth-order valence-corrected chi connectivity index (χ4v) is 3.68. The van der Waals surface area contributed by atoms with Crippen molar-refractivity contribution < 1.29 is 14.6 Å². The van der Waals surface area contributed by atoms with E-state index in [-0.39, 0.29) is 5.88 Å². The van der Waals surface area contributed by atoms with Crippen molar-refractivity contribution in [3.05, 3.63) is 35.5 Å². The van der Waals surface area contributed by atoms with Gasteiger partial charge in [0.15, 0.2) is 0 Å². The average Bonchev–Trinajstić information content (AvgIpc) is 2.88. The van der Waals surface area contributed by atoms with Gasteiger partial charge in [-0.15, -0.1) is 0 Å². The molecule has 0 saturated carbocycles. The van der Waals surface area contributed by atoms with E-state index in [0.29, 0.717) is 5.25 Å². The van der Waals surface area contributed by atoms with Crippen LogP contribution in [0.5, 0.6) is 5.88 Å². The number of aromatic amines is 1. The van der Waals surface area contributed by atoms with Crippen molar-refractivity contribution in [1.82, 2.24) is 9.97 Å². The van der Waals surface area contributed by atoms with Crippen LogP contribution in [0, 0.1) is 6.92 Å². The lowest BCUT2D eigenvalue weighted by Gasteiger charge is -2.10. The highest BCUT2D eigenvalue weighted by Crippen LogP contribution is 2.35. The van der Waals surface area contributed by atoms with E-state index in [1.54, 1.807) is 6.20 Å². The molecule has 0 aliphatic heterocycles. The first-order valence-corrected chi connectivity index (χ1v) is 8.49. The maximum absolute atomic E-state index is 10.8. The lowest BCUT2D eigenvalue weighted by Crippen LogP contribution is -2.05. The van der Waals surface area contributed by atoms with Crippen LogP contribution in [-0.2, 0) is 0 Å². The smallest absolute Gasteiger partial charge is 0.449 e. The molecule has 0 aliphatic carbocycles. The number of nitrogens with zero attached hydrogens (tertiary/aromatic N) is 1. The van der Waals surface area contributed by atoms with Crippen LogP contribution in [0.15, 0.2) is 24.4 Å². The van der Waals surface area contributed by atoms with Crippen molar-refractivity contribution in [1.29, 1.82) is 0 Å². The second-order valence-corrected chi connectivity index (χ2v) is 6.99. The molecule has 3 aromatic rings. The van der Waals surface area contributed by atoms with Crippen LogP contribution in [0.3, 0.4) is 0 Å². The topological polar surface area (TPSA) is 75.2 Å². The molecule has 6 heteroatoms. The molecule has 5 nitrogen and oxygen atoms in total. The van der Waals surface area contributed by atoms with Crippen LogP contribution in [0.4, 0.5) is 4.79 Å². The number of ether oxygens (including phenoxy) is 1. The van der Waals surface area contributed by atoms with Crippen LogP contribution in [0.2, 0.25) is 0 Å². The minimum Gasteiger partial charge on any atom is -0.449 e. The lowest BCUT2D eigenvalue weighted by molar-refractivity contribution is 0.142. The third-order valence-electron chi connectivity index (χ3n) is 3.93. The summed E-state index contributed by atoms with van der Waals surface area (Å²) in [6.07, 6.45) is 0.262. The molecule has 0 aliphatic rings. The van der Waals surface area contributed by atoms with E-state index in [1.807, 2.05) is 18.7 Å². The van der Waals surface area contributed by atoms with Gasteiger partial charge in [0, 0.05) is 27.1 Å². The Bertz CT molecular complexity index is 888. The van der Waals surface area contributed by atoms with E-state index < -0.39 is 6.16 Å². The SMILES string of the molecule is CCSC(C)c1ccc2[nH]c3cnc(OC(=O)O)c(C)c3c2c1. The van der Waals surface area contributed by atoms with Crippen LogP contribution in [-0.4, -0.2) is 27.0 Å². The van der Waals surface area contributed by atoms with Gasteiger partial charge in [-0.05, 0) is 37.3 Å². The third kappa shape index (κ3) is 2.86. The number of benzene rings is 1. The number of pyridine rings is 1. The summed E-state index contributed by atoms with van der Waals surface area (Å²) in [7, 11) is 0. The largest absolute Gasteiger partial charge is 0.512 e. The van der Waals surface area contributed by atoms with Crippen LogP contribution in [0.1, 0.15) is 30.2 Å². The first kappa shape index (κ1) is 15.7. The normalized spacial score (nSPS) is 12.7. The first-order chi connectivity index (χ1) is 11.0. The number of aryl methyl sites for hydroxylation is 1. The Morgan fingerprint density at radius 3 is 2.91 bits per heavy atom. The summed E-state index contributed by atoms with van der Waals surface area (Å²) in [5.41, 5.74) is 3.87. The number of carboxylic acid groups (broad SMARTS) is 1. The molecule has 120 valence electrons. The summed E-state index contributed by atoms with van der Waals surface area (Å²) >= 11 is 1.89. The molecule has 0 bridgehead atoms. The maximum atomic E-state index is 10.8. The van der Waals surface area contributed by atoms with Gasteiger partial charge in [0.2, 0.25) is 5.88 Å². The molecule has 2 heterocycles. The minimum atomic E-state index is -1.35. The Kier molecular flexibility index (Phi) is 4.17. The number of thioether (sulfide) groups is 1. The van der Waals surface area contributed by atoms with Gasteiger partial charge in [0.25, 0.3) is 0 Å². The molecule has 23 heavy (non-hydrogen) atoms. The second-order valence-electron chi connectivity index (χ2n) is 5.37. The Morgan fingerprint density at radius 2 is 2.22 bits per heavy atom. The van der Waals surface area contributed by atoms with Gasteiger partial charge in [-0.2, -0.15) is 11.8 Å². The summed E-state index contributed by atoms with van der Waals surface area (Å²) in [5.74, 6) is 1.19. The molecule has 0 saturated heterocycles. The lowest BCUT2D eigenvalue weighted by atomic mass is 10.1. The highest BCUT2D eigenvalue weighted by molar-refractivity contribution is 7.99. The van der Waals surface area contributed by atoms with E-state index in [9.17, 15) is 4.79 Å². The summed E-state index contributed by atoms with van der Waals surface area (Å²) in [6, 6.07) is 6.36. The molecule has 0 spiro atoms. The van der Waals surface area contributed by atoms with Crippen molar-refractivity contribution in [2.45, 2.75) is 26.0 Å². The second kappa shape index (κ2) is 6.12. The van der Waals surface area contributed by atoms with E-state index >= 15 is 0 Å². The van der Waals surface area contributed by atoms with Crippen molar-refractivity contribution in [3.63, 3.8) is 0 Å². The number of hydrogen-bond donors (Lipinski definition) is 2. The highest BCUT2D eigenvalue weighted by Gasteiger charge is 2.15. The van der Waals surface area contributed by atoms with Gasteiger partial charge in [0.1, 0.15) is 0 Å². The van der Waals surface area contributed by atoms with Gasteiger partial charge in [0.05, 0.1) is 11.7 Å². The number of nitrogens with one attached hydrogen (secondary N) is 1. The number of carbonyl (C=O) groups is 1. The Morgan fingerprint density at radius 1 is 1.43 bits per heavy atom. The summed E-state index contributed by atoms with van der Waals surface area (Å²) in [5, 5.41) is 11.3. The quantitative estimate of drug-likeness (QED) is 0.666. The average molecular weight is 330 g/mol. The van der Waals surface area contributed by atoms with Gasteiger partial charge in [-0.1, -0.05) is 13.0 Å². The van der Waals surface area contributed by atoms with Crippen molar-refractivity contribution >= 4 is 39.7 Å². The monoisotopic (exact) mass is 330 g/mol. The molecular weight excluding hydrogens is 312 g/mol. The third-order valence-corrected chi connectivity index (χ3v) is 5.03. The van der Waals surface area contributed by atoms with Crippen molar-refractivity contribution in [3.8, 4) is 5.88 Å². The van der Waals surface area contributed by atoms with Crippen LogP contribution >= 0.6 is 11.8 Å². The molecule has 0 fully saturated rings. The van der Waals surface area contributed by atoms with E-state index in [2.05, 4.69) is 42.0 Å². The molecule has 0 amide bonds. The zero-order valence-electron chi connectivity index (χ0n) is 13.2. The Labute approximate surface area is 138 Å². The molecule has 2 aromatic heterocycles. The van der Waals surface area contributed by atoms with Crippen molar-refractivity contribution in [2.24, 2.45) is 0 Å². The summed E-state index contributed by atoms with van der Waals surface area (Å²) in [6.45, 7) is 6.17. The molecule has 3 rings (SSSR count). The van der Waals surface area contributed by atoms with Gasteiger partial charge >= 0.3 is 6.16 Å². The molecule has 2 N–H and O–H groups in total. The number of aromatic nitrogens is 2. The van der Waals surface area contributed by atoms with Crippen LogP contribution < -0.4 is 4.74 Å². The summed E-state index contributed by atoms with van der Waals surface area (Å²) < 4.78 is 4.78. The number of rotatable bonds is 4. The Balaban J connectivity index is 2.20. The predicted octanol–water partition coefficient (Wildman–Crippen LogP) is 4.90. The Hall–Kier alpha value is -2.21. The molecule has 1 aromatic carbocycles.